The van der Waals surface area contributed by atoms with E-state index in [4.69, 9.17) is 17.3 Å². The number of nitrogens with one attached hydrogen (secondary N) is 1. The van der Waals surface area contributed by atoms with Crippen LogP contribution in [0.1, 0.15) is 24.8 Å². The van der Waals surface area contributed by atoms with Crippen molar-refractivity contribution < 1.29 is 19.1 Å². The van der Waals surface area contributed by atoms with Gasteiger partial charge in [0.25, 0.3) is 0 Å². The average molecular weight is 377 g/mol. The smallest absolute Gasteiger partial charge is 0.316 e. The molecule has 7 heteroatoms. The lowest BCUT2D eigenvalue weighted by Gasteiger charge is -2.34. The minimum absolute atomic E-state index is 0.335. The summed E-state index contributed by atoms with van der Waals surface area (Å²) in [6, 6.07) is 9.36. The molecule has 0 heterocycles. The molecule has 0 bridgehead atoms. The summed E-state index contributed by atoms with van der Waals surface area (Å²) < 4.78 is 13.3. The van der Waals surface area contributed by atoms with Crippen LogP contribution in [-0.2, 0) is 10.2 Å². The quantitative estimate of drug-likeness (QED) is 0.759. The lowest BCUT2D eigenvalue weighted by atomic mass is 9.73. The molecule has 0 saturated heterocycles. The number of urea groups is 1. The molecule has 5 nitrogen and oxygen atoms in total. The molecule has 2 aromatic rings. The number of hydrogen-bond acceptors (Lipinski definition) is 2. The Morgan fingerprint density at radius 1 is 1.23 bits per heavy atom. The molecule has 1 aliphatic carbocycles. The summed E-state index contributed by atoms with van der Waals surface area (Å²) in [6.45, 7) is 0. The van der Waals surface area contributed by atoms with Gasteiger partial charge in [-0.25, -0.2) is 9.18 Å². The van der Waals surface area contributed by atoms with Crippen LogP contribution in [0.4, 0.5) is 9.18 Å². The van der Waals surface area contributed by atoms with Crippen molar-refractivity contribution in [2.75, 3.05) is 0 Å². The Morgan fingerprint density at radius 3 is 2.54 bits per heavy atom. The minimum Gasteiger partial charge on any atom is -0.481 e. The van der Waals surface area contributed by atoms with Crippen LogP contribution in [0.25, 0.3) is 11.1 Å². The SMILES string of the molecule is NC(=O)NC1CCCC1(C(=O)O)c1cc(Cl)ccc1-c1ccc(F)cc1. The van der Waals surface area contributed by atoms with Crippen LogP contribution in [0.5, 0.6) is 0 Å². The van der Waals surface area contributed by atoms with Crippen molar-refractivity contribution in [1.29, 1.82) is 0 Å². The zero-order chi connectivity index (χ0) is 18.9. The van der Waals surface area contributed by atoms with Gasteiger partial charge in [-0.2, -0.15) is 0 Å². The molecule has 136 valence electrons. The van der Waals surface area contributed by atoms with Crippen LogP contribution in [0.3, 0.4) is 0 Å². The van der Waals surface area contributed by atoms with Gasteiger partial charge in [-0.05, 0) is 60.2 Å². The Bertz CT molecular complexity index is 856. The Balaban J connectivity index is 2.22. The molecule has 3 rings (SSSR count). The Hall–Kier alpha value is -2.60. The molecule has 26 heavy (non-hydrogen) atoms. The molecule has 0 aromatic heterocycles. The third kappa shape index (κ3) is 3.12. The number of halogens is 2. The van der Waals surface area contributed by atoms with Crippen molar-refractivity contribution in [2.45, 2.75) is 30.7 Å². The summed E-state index contributed by atoms with van der Waals surface area (Å²) in [5, 5.41) is 13.1. The largest absolute Gasteiger partial charge is 0.481 e. The van der Waals surface area contributed by atoms with Gasteiger partial charge in [0.1, 0.15) is 11.2 Å². The van der Waals surface area contributed by atoms with E-state index in [2.05, 4.69) is 5.32 Å². The number of rotatable bonds is 4. The first-order valence-corrected chi connectivity index (χ1v) is 8.58. The number of carbonyl (C=O) groups excluding carboxylic acids is 1. The maximum Gasteiger partial charge on any atom is 0.316 e. The van der Waals surface area contributed by atoms with E-state index in [1.54, 1.807) is 30.3 Å². The van der Waals surface area contributed by atoms with E-state index in [0.717, 1.165) is 0 Å². The number of hydrogen-bond donors (Lipinski definition) is 3. The van der Waals surface area contributed by atoms with Crippen LogP contribution in [-0.4, -0.2) is 23.1 Å². The number of amides is 2. The first-order chi connectivity index (χ1) is 12.3. The molecule has 0 spiro atoms. The van der Waals surface area contributed by atoms with Gasteiger partial charge in [0.15, 0.2) is 0 Å². The summed E-state index contributed by atoms with van der Waals surface area (Å²) in [5.41, 5.74) is 5.69. The van der Waals surface area contributed by atoms with Crippen molar-refractivity contribution in [3.8, 4) is 11.1 Å². The van der Waals surface area contributed by atoms with E-state index >= 15 is 0 Å². The molecule has 0 radical (unpaired) electrons. The molecule has 2 atom stereocenters. The molecular formula is C19H18ClFN2O3. The first kappa shape index (κ1) is 18.2. The van der Waals surface area contributed by atoms with Crippen molar-refractivity contribution in [3.05, 3.63) is 58.9 Å². The summed E-state index contributed by atoms with van der Waals surface area (Å²) in [7, 11) is 0. The lowest BCUT2D eigenvalue weighted by Crippen LogP contribution is -2.53. The number of carboxylic acids is 1. The molecule has 2 aromatic carbocycles. The fourth-order valence-corrected chi connectivity index (χ4v) is 4.01. The van der Waals surface area contributed by atoms with Gasteiger partial charge >= 0.3 is 12.0 Å². The number of nitrogens with two attached hydrogens (primary N) is 1. The van der Waals surface area contributed by atoms with E-state index in [1.165, 1.54) is 12.1 Å². The highest BCUT2D eigenvalue weighted by molar-refractivity contribution is 6.30. The van der Waals surface area contributed by atoms with Gasteiger partial charge in [0.05, 0.1) is 6.04 Å². The highest BCUT2D eigenvalue weighted by Gasteiger charge is 2.52. The fraction of sp³-hybridized carbons (Fsp3) is 0.263. The van der Waals surface area contributed by atoms with Gasteiger partial charge in [-0.1, -0.05) is 29.8 Å². The summed E-state index contributed by atoms with van der Waals surface area (Å²) >= 11 is 6.16. The minimum atomic E-state index is -1.36. The van der Waals surface area contributed by atoms with Crippen molar-refractivity contribution in [2.24, 2.45) is 5.73 Å². The van der Waals surface area contributed by atoms with Gasteiger partial charge < -0.3 is 16.2 Å². The lowest BCUT2D eigenvalue weighted by molar-refractivity contribution is -0.144. The number of benzene rings is 2. The van der Waals surface area contributed by atoms with Crippen LogP contribution >= 0.6 is 11.6 Å². The van der Waals surface area contributed by atoms with E-state index in [-0.39, 0.29) is 5.82 Å². The fourth-order valence-electron chi connectivity index (χ4n) is 3.83. The summed E-state index contributed by atoms with van der Waals surface area (Å²) in [6.07, 6.45) is 1.44. The Morgan fingerprint density at radius 2 is 1.92 bits per heavy atom. The van der Waals surface area contributed by atoms with Crippen molar-refractivity contribution >= 4 is 23.6 Å². The highest BCUT2D eigenvalue weighted by atomic mass is 35.5. The topological polar surface area (TPSA) is 92.4 Å². The third-order valence-corrected chi connectivity index (χ3v) is 5.21. The van der Waals surface area contributed by atoms with E-state index in [9.17, 15) is 19.1 Å². The molecular weight excluding hydrogens is 359 g/mol. The zero-order valence-electron chi connectivity index (χ0n) is 13.8. The molecule has 2 unspecified atom stereocenters. The van der Waals surface area contributed by atoms with Crippen LogP contribution < -0.4 is 11.1 Å². The molecule has 0 aliphatic heterocycles. The number of aliphatic carboxylic acids is 1. The predicted octanol–water partition coefficient (Wildman–Crippen LogP) is 3.69. The standard InChI is InChI=1S/C19H18ClFN2O3/c20-12-5-8-14(11-3-6-13(21)7-4-11)15(10-12)19(17(24)25)9-1-2-16(19)23-18(22)26/h3-8,10,16H,1-2,9H2,(H,24,25)(H3,22,23,26). The second-order valence-corrected chi connectivity index (χ2v) is 6.86. The van der Waals surface area contributed by atoms with E-state index in [1.807, 2.05) is 0 Å². The van der Waals surface area contributed by atoms with E-state index < -0.39 is 23.5 Å². The van der Waals surface area contributed by atoms with Crippen molar-refractivity contribution in [3.63, 3.8) is 0 Å². The van der Waals surface area contributed by atoms with E-state index in [0.29, 0.717) is 41.0 Å². The van der Waals surface area contributed by atoms with Gasteiger partial charge in [0, 0.05) is 5.02 Å². The van der Waals surface area contributed by atoms with Crippen LogP contribution in [0.2, 0.25) is 5.02 Å². The molecule has 4 N–H and O–H groups in total. The normalized spacial score (nSPS) is 22.2. The molecule has 2 amide bonds. The highest BCUT2D eigenvalue weighted by Crippen LogP contribution is 2.46. The number of primary amides is 1. The van der Waals surface area contributed by atoms with Gasteiger partial charge in [0.2, 0.25) is 0 Å². The van der Waals surface area contributed by atoms with Crippen LogP contribution in [0, 0.1) is 5.82 Å². The Kier molecular flexibility index (Phi) is 4.87. The number of carboxylic acid groups (broad SMARTS) is 1. The number of carbonyl (C=O) groups is 2. The van der Waals surface area contributed by atoms with Crippen LogP contribution in [0.15, 0.2) is 42.5 Å². The molecule has 1 saturated carbocycles. The maximum atomic E-state index is 13.3. The first-order valence-electron chi connectivity index (χ1n) is 8.20. The van der Waals surface area contributed by atoms with Gasteiger partial charge in [-0.15, -0.1) is 0 Å². The second-order valence-electron chi connectivity index (χ2n) is 6.43. The van der Waals surface area contributed by atoms with Gasteiger partial charge in [-0.3, -0.25) is 4.79 Å². The maximum absolute atomic E-state index is 13.3. The summed E-state index contributed by atoms with van der Waals surface area (Å²) in [4.78, 5) is 23.8. The Labute approximate surface area is 155 Å². The molecule has 1 aliphatic rings. The summed E-state index contributed by atoms with van der Waals surface area (Å²) in [5.74, 6) is -1.44. The second kappa shape index (κ2) is 6.96. The molecule has 1 fully saturated rings. The average Bonchev–Trinajstić information content (AvgIpc) is 2.99. The predicted molar refractivity (Wildman–Crippen MR) is 96.5 cm³/mol. The van der Waals surface area contributed by atoms with Crippen molar-refractivity contribution in [1.82, 2.24) is 5.32 Å². The zero-order valence-corrected chi connectivity index (χ0v) is 14.6. The monoisotopic (exact) mass is 376 g/mol. The third-order valence-electron chi connectivity index (χ3n) is 4.97.